The first kappa shape index (κ1) is 30.9. The summed E-state index contributed by atoms with van der Waals surface area (Å²) in [6.45, 7) is 9.11. The van der Waals surface area contributed by atoms with E-state index in [9.17, 15) is 4.79 Å². The molecule has 1 saturated heterocycles. The first-order valence-electron chi connectivity index (χ1n) is 14.4. The Morgan fingerprint density at radius 1 is 1.23 bits per heavy atom. The van der Waals surface area contributed by atoms with Crippen molar-refractivity contribution in [2.75, 3.05) is 19.8 Å². The van der Waals surface area contributed by atoms with Crippen molar-refractivity contribution in [3.05, 3.63) is 45.0 Å². The molecule has 1 unspecified atom stereocenters. The summed E-state index contributed by atoms with van der Waals surface area (Å²) in [7, 11) is 3.71. The lowest BCUT2D eigenvalue weighted by atomic mass is 10.1. The SMILES string of the molecule is C#Cc1nn(C2CCCCO2)c2ccc(-c3cnn(C)c3OCCN(Cc3c(I)c(C)nn3C)C(=O)OC(C)(C)C)cc12. The normalized spacial score (nSPS) is 15.4. The van der Waals surface area contributed by atoms with Crippen molar-refractivity contribution in [1.29, 1.82) is 0 Å². The van der Waals surface area contributed by atoms with E-state index in [0.717, 1.165) is 62.9 Å². The Hall–Kier alpha value is -3.57. The van der Waals surface area contributed by atoms with Crippen LogP contribution < -0.4 is 4.74 Å². The first-order chi connectivity index (χ1) is 20.5. The fourth-order valence-electron chi connectivity index (χ4n) is 5.19. The number of halogens is 1. The Kier molecular flexibility index (Phi) is 9.03. The third-order valence-corrected chi connectivity index (χ3v) is 8.72. The number of aryl methyl sites for hydroxylation is 3. The number of rotatable bonds is 8. The van der Waals surface area contributed by atoms with Crippen molar-refractivity contribution < 1.29 is 19.0 Å². The molecule has 228 valence electrons. The van der Waals surface area contributed by atoms with Crippen molar-refractivity contribution in [3.8, 4) is 29.4 Å². The molecule has 4 heterocycles. The molecule has 0 N–H and O–H groups in total. The molecule has 1 aliphatic heterocycles. The number of aromatic nitrogens is 6. The molecular formula is C31H38IN7O4. The number of hydrogen-bond acceptors (Lipinski definition) is 7. The monoisotopic (exact) mass is 699 g/mol. The summed E-state index contributed by atoms with van der Waals surface area (Å²) < 4.78 is 24.4. The number of nitrogens with zero attached hydrogens (tertiary/aromatic N) is 7. The van der Waals surface area contributed by atoms with E-state index in [0.29, 0.717) is 24.7 Å². The zero-order valence-electron chi connectivity index (χ0n) is 25.6. The lowest BCUT2D eigenvalue weighted by Gasteiger charge is -2.27. The van der Waals surface area contributed by atoms with E-state index < -0.39 is 11.7 Å². The van der Waals surface area contributed by atoms with E-state index in [1.54, 1.807) is 20.5 Å². The van der Waals surface area contributed by atoms with E-state index in [-0.39, 0.29) is 12.8 Å². The van der Waals surface area contributed by atoms with E-state index in [1.165, 1.54) is 0 Å². The third-order valence-electron chi connectivity index (χ3n) is 7.32. The van der Waals surface area contributed by atoms with Gasteiger partial charge in [-0.05, 0) is 93.2 Å². The molecule has 11 nitrogen and oxygen atoms in total. The maximum absolute atomic E-state index is 13.2. The summed E-state index contributed by atoms with van der Waals surface area (Å²) in [6.07, 6.45) is 10.2. The highest BCUT2D eigenvalue weighted by molar-refractivity contribution is 14.1. The molecule has 1 fully saturated rings. The average Bonchev–Trinajstić information content (AvgIpc) is 3.60. The van der Waals surface area contributed by atoms with Gasteiger partial charge < -0.3 is 14.2 Å². The largest absolute Gasteiger partial charge is 0.476 e. The molecule has 43 heavy (non-hydrogen) atoms. The smallest absolute Gasteiger partial charge is 0.410 e. The standard InChI is InChI=1S/C31H38IN7O4/c1-8-24-22-17-21(12-13-25(22)39(35-24)27-11-9-10-15-41-27)23-18-33-37(7)29(23)42-16-14-38(30(40)43-31(3,4)5)19-26-28(32)20(2)34-36(26)6/h1,12-13,17-18,27H,9-11,14-16,19H2,2-7H3. The van der Waals surface area contributed by atoms with Crippen LogP contribution in [0.5, 0.6) is 5.88 Å². The van der Waals surface area contributed by atoms with Crippen LogP contribution in [0, 0.1) is 22.8 Å². The molecule has 12 heteroatoms. The fraction of sp³-hybridized carbons (Fsp3) is 0.484. The number of amides is 1. The van der Waals surface area contributed by atoms with Gasteiger partial charge in [-0.3, -0.25) is 9.58 Å². The summed E-state index contributed by atoms with van der Waals surface area (Å²) in [5, 5.41) is 14.5. The molecular weight excluding hydrogens is 661 g/mol. The Morgan fingerprint density at radius 2 is 2.02 bits per heavy atom. The summed E-state index contributed by atoms with van der Waals surface area (Å²) >= 11 is 2.27. The molecule has 0 radical (unpaired) electrons. The Bertz CT molecular complexity index is 1670. The van der Waals surface area contributed by atoms with Gasteiger partial charge in [-0.25, -0.2) is 14.2 Å². The molecule has 1 amide bonds. The van der Waals surface area contributed by atoms with Crippen LogP contribution in [0.25, 0.3) is 22.0 Å². The highest BCUT2D eigenvalue weighted by Gasteiger charge is 2.26. The minimum Gasteiger partial charge on any atom is -0.476 e. The summed E-state index contributed by atoms with van der Waals surface area (Å²) in [4.78, 5) is 14.9. The summed E-state index contributed by atoms with van der Waals surface area (Å²) in [5.41, 5.74) is 4.44. The highest BCUT2D eigenvalue weighted by atomic mass is 127. The topological polar surface area (TPSA) is 101 Å². The van der Waals surface area contributed by atoms with Gasteiger partial charge in [-0.1, -0.05) is 6.07 Å². The van der Waals surface area contributed by atoms with Gasteiger partial charge in [-0.2, -0.15) is 15.3 Å². The summed E-state index contributed by atoms with van der Waals surface area (Å²) in [5.74, 6) is 3.32. The number of ether oxygens (including phenoxy) is 3. The van der Waals surface area contributed by atoms with Gasteiger partial charge in [-0.15, -0.1) is 6.42 Å². The van der Waals surface area contributed by atoms with Crippen LogP contribution in [0.15, 0.2) is 24.4 Å². The van der Waals surface area contributed by atoms with Crippen molar-refractivity contribution in [3.63, 3.8) is 0 Å². The molecule has 0 bridgehead atoms. The second-order valence-corrected chi connectivity index (χ2v) is 12.8. The predicted molar refractivity (Wildman–Crippen MR) is 172 cm³/mol. The molecule has 0 spiro atoms. The van der Waals surface area contributed by atoms with Crippen LogP contribution in [-0.4, -0.2) is 65.7 Å². The number of terminal acetylenes is 1. The summed E-state index contributed by atoms with van der Waals surface area (Å²) in [6, 6.07) is 6.07. The van der Waals surface area contributed by atoms with Crippen LogP contribution in [-0.2, 0) is 30.1 Å². The maximum Gasteiger partial charge on any atom is 0.410 e. The minimum absolute atomic E-state index is 0.118. The Morgan fingerprint density at radius 3 is 2.67 bits per heavy atom. The van der Waals surface area contributed by atoms with Gasteiger partial charge in [0.2, 0.25) is 5.88 Å². The maximum atomic E-state index is 13.2. The Labute approximate surface area is 265 Å². The fourth-order valence-corrected chi connectivity index (χ4v) is 5.82. The molecule has 3 aromatic heterocycles. The average molecular weight is 700 g/mol. The molecule has 5 rings (SSSR count). The number of benzene rings is 1. The van der Waals surface area contributed by atoms with E-state index >= 15 is 0 Å². The van der Waals surface area contributed by atoms with Gasteiger partial charge in [0.1, 0.15) is 17.9 Å². The second-order valence-electron chi connectivity index (χ2n) is 11.7. The third kappa shape index (κ3) is 6.67. The zero-order chi connectivity index (χ0) is 30.9. The van der Waals surface area contributed by atoms with Crippen molar-refractivity contribution in [1.82, 2.24) is 34.2 Å². The molecule has 0 aliphatic carbocycles. The minimum atomic E-state index is -0.631. The van der Waals surface area contributed by atoms with Crippen LogP contribution in [0.3, 0.4) is 0 Å². The lowest BCUT2D eigenvalue weighted by Crippen LogP contribution is -2.39. The number of fused-ring (bicyclic) bond motifs is 1. The molecule has 1 aromatic carbocycles. The van der Waals surface area contributed by atoms with Gasteiger partial charge in [0.15, 0.2) is 6.23 Å². The molecule has 4 aromatic rings. The number of carbonyl (C=O) groups excluding carboxylic acids is 1. The van der Waals surface area contributed by atoms with Gasteiger partial charge in [0.25, 0.3) is 0 Å². The number of carbonyl (C=O) groups is 1. The molecule has 1 aliphatic rings. The van der Waals surface area contributed by atoms with Gasteiger partial charge in [0.05, 0.1) is 45.3 Å². The van der Waals surface area contributed by atoms with E-state index in [2.05, 4.69) is 38.7 Å². The second kappa shape index (κ2) is 12.6. The quantitative estimate of drug-likeness (QED) is 0.175. The Balaban J connectivity index is 1.37. The van der Waals surface area contributed by atoms with Crippen LogP contribution in [0.1, 0.15) is 63.3 Å². The van der Waals surface area contributed by atoms with Crippen LogP contribution in [0.2, 0.25) is 0 Å². The highest BCUT2D eigenvalue weighted by Crippen LogP contribution is 2.34. The van der Waals surface area contributed by atoms with Crippen molar-refractivity contribution in [2.24, 2.45) is 14.1 Å². The van der Waals surface area contributed by atoms with Crippen molar-refractivity contribution in [2.45, 2.75) is 65.3 Å². The van der Waals surface area contributed by atoms with Crippen molar-refractivity contribution >= 4 is 39.6 Å². The predicted octanol–water partition coefficient (Wildman–Crippen LogP) is 5.58. The molecule has 0 saturated carbocycles. The van der Waals surface area contributed by atoms with Crippen LogP contribution >= 0.6 is 22.6 Å². The lowest BCUT2D eigenvalue weighted by molar-refractivity contribution is -0.0367. The van der Waals surface area contributed by atoms with E-state index in [1.807, 2.05) is 64.7 Å². The first-order valence-corrected chi connectivity index (χ1v) is 15.5. The number of hydrogen-bond donors (Lipinski definition) is 0. The van der Waals surface area contributed by atoms with Gasteiger partial charge in [0, 0.05) is 26.1 Å². The zero-order valence-corrected chi connectivity index (χ0v) is 27.7. The molecule has 1 atom stereocenters. The van der Waals surface area contributed by atoms with Crippen LogP contribution in [0.4, 0.5) is 4.79 Å². The van der Waals surface area contributed by atoms with Gasteiger partial charge >= 0.3 is 6.09 Å². The van der Waals surface area contributed by atoms with E-state index in [4.69, 9.17) is 25.7 Å².